The van der Waals surface area contributed by atoms with Gasteiger partial charge >= 0.3 is 0 Å². The zero-order chi connectivity index (χ0) is 16.1. The molecule has 1 aromatic carbocycles. The van der Waals surface area contributed by atoms with Crippen LogP contribution in [0.2, 0.25) is 5.02 Å². The summed E-state index contributed by atoms with van der Waals surface area (Å²) in [5.74, 6) is -0.107. The lowest BCUT2D eigenvalue weighted by molar-refractivity contribution is -0.117. The fourth-order valence-electron chi connectivity index (χ4n) is 2.41. The first kappa shape index (κ1) is 16.4. The Hall–Kier alpha value is -1.94. The third kappa shape index (κ3) is 3.83. The van der Waals surface area contributed by atoms with Gasteiger partial charge in [-0.25, -0.2) is 9.97 Å². The molecule has 2 rings (SSSR count). The first-order chi connectivity index (χ1) is 10.5. The molecule has 0 saturated heterocycles. The number of nitrogens with one attached hydrogen (secondary N) is 1. The van der Waals surface area contributed by atoms with Gasteiger partial charge < -0.3 is 5.32 Å². The molecule has 0 aliphatic heterocycles. The number of rotatable bonds is 5. The number of aromatic nitrogens is 2. The molecule has 5 heteroatoms. The number of anilines is 1. The zero-order valence-electron chi connectivity index (χ0n) is 13.0. The van der Waals surface area contributed by atoms with Crippen LogP contribution in [0.4, 0.5) is 5.69 Å². The highest BCUT2D eigenvalue weighted by Gasteiger charge is 2.20. The average Bonchev–Trinajstić information content (AvgIpc) is 2.48. The average molecular weight is 318 g/mol. The molecule has 0 aliphatic rings. The zero-order valence-corrected chi connectivity index (χ0v) is 13.8. The minimum absolute atomic E-state index is 0.0681. The van der Waals surface area contributed by atoms with Gasteiger partial charge in [0.1, 0.15) is 6.33 Å². The van der Waals surface area contributed by atoms with Crippen molar-refractivity contribution >= 4 is 23.2 Å². The first-order valence-corrected chi connectivity index (χ1v) is 7.77. The molecule has 0 bridgehead atoms. The number of hydrogen-bond acceptors (Lipinski definition) is 3. The van der Waals surface area contributed by atoms with E-state index in [0.717, 1.165) is 11.3 Å². The van der Waals surface area contributed by atoms with Crippen molar-refractivity contribution in [3.8, 4) is 0 Å². The van der Waals surface area contributed by atoms with Crippen molar-refractivity contribution in [2.75, 3.05) is 5.32 Å². The fourth-order valence-corrected chi connectivity index (χ4v) is 2.61. The largest absolute Gasteiger partial charge is 0.323 e. The maximum absolute atomic E-state index is 12.6. The molecule has 22 heavy (non-hydrogen) atoms. The van der Waals surface area contributed by atoms with Crippen LogP contribution in [-0.2, 0) is 4.79 Å². The summed E-state index contributed by atoms with van der Waals surface area (Å²) in [7, 11) is 0. The van der Waals surface area contributed by atoms with Crippen molar-refractivity contribution < 1.29 is 4.79 Å². The summed E-state index contributed by atoms with van der Waals surface area (Å²) in [5, 5.41) is 3.59. The molecule has 1 N–H and O–H groups in total. The van der Waals surface area contributed by atoms with Gasteiger partial charge in [0.05, 0.1) is 23.5 Å². The van der Waals surface area contributed by atoms with E-state index in [-0.39, 0.29) is 17.7 Å². The summed E-state index contributed by atoms with van der Waals surface area (Å²) < 4.78 is 0. The van der Waals surface area contributed by atoms with E-state index >= 15 is 0 Å². The molecular weight excluding hydrogens is 298 g/mol. The van der Waals surface area contributed by atoms with Crippen LogP contribution in [0.25, 0.3) is 0 Å². The summed E-state index contributed by atoms with van der Waals surface area (Å²) in [6, 6.07) is 7.42. The Morgan fingerprint density at radius 1 is 1.36 bits per heavy atom. The number of amides is 1. The molecule has 0 aliphatic carbocycles. The van der Waals surface area contributed by atoms with Crippen LogP contribution in [0.3, 0.4) is 0 Å². The Balaban J connectivity index is 2.24. The Morgan fingerprint density at radius 3 is 2.77 bits per heavy atom. The molecule has 0 spiro atoms. The Kier molecular flexibility index (Phi) is 5.50. The van der Waals surface area contributed by atoms with Crippen molar-refractivity contribution in [1.82, 2.24) is 9.97 Å². The summed E-state index contributed by atoms with van der Waals surface area (Å²) in [6.07, 6.45) is 3.83. The lowest BCUT2D eigenvalue weighted by atomic mass is 9.95. The standard InChI is InChI=1S/C17H20ClN3O/c1-4-14(12-6-5-7-13(18)8-12)17(22)21-15-9-19-10-20-16(15)11(2)3/h5-11,14H,4H2,1-3H3,(H,21,22). The summed E-state index contributed by atoms with van der Waals surface area (Å²) >= 11 is 6.03. The Labute approximate surface area is 135 Å². The van der Waals surface area contributed by atoms with E-state index in [4.69, 9.17) is 11.6 Å². The number of carbonyl (C=O) groups excluding carboxylic acids is 1. The molecule has 1 aromatic heterocycles. The van der Waals surface area contributed by atoms with Gasteiger partial charge in [-0.05, 0) is 30.0 Å². The van der Waals surface area contributed by atoms with Gasteiger partial charge in [-0.3, -0.25) is 4.79 Å². The van der Waals surface area contributed by atoms with E-state index in [1.165, 1.54) is 6.33 Å². The first-order valence-electron chi connectivity index (χ1n) is 7.39. The number of hydrogen-bond donors (Lipinski definition) is 1. The maximum atomic E-state index is 12.6. The molecule has 1 atom stereocenters. The van der Waals surface area contributed by atoms with Crippen molar-refractivity contribution in [2.24, 2.45) is 0 Å². The second-order valence-corrected chi connectivity index (χ2v) is 5.92. The minimum atomic E-state index is -0.251. The van der Waals surface area contributed by atoms with Crippen LogP contribution >= 0.6 is 11.6 Å². The summed E-state index contributed by atoms with van der Waals surface area (Å²) in [4.78, 5) is 20.9. The molecule has 0 saturated carbocycles. The van der Waals surface area contributed by atoms with Crippen LogP contribution in [0.5, 0.6) is 0 Å². The van der Waals surface area contributed by atoms with E-state index in [0.29, 0.717) is 17.1 Å². The summed E-state index contributed by atoms with van der Waals surface area (Å²) in [5.41, 5.74) is 2.42. The van der Waals surface area contributed by atoms with Gasteiger partial charge in [0.2, 0.25) is 5.91 Å². The number of benzene rings is 1. The lowest BCUT2D eigenvalue weighted by Crippen LogP contribution is -2.22. The fraction of sp³-hybridized carbons (Fsp3) is 0.353. The number of carbonyl (C=O) groups is 1. The van der Waals surface area contributed by atoms with E-state index in [9.17, 15) is 4.79 Å². The molecular formula is C17H20ClN3O. The topological polar surface area (TPSA) is 54.9 Å². The van der Waals surface area contributed by atoms with Crippen LogP contribution in [0, 0.1) is 0 Å². The van der Waals surface area contributed by atoms with Gasteiger partial charge in [0.25, 0.3) is 0 Å². The quantitative estimate of drug-likeness (QED) is 0.890. The molecule has 4 nitrogen and oxygen atoms in total. The predicted octanol–water partition coefficient (Wildman–Crippen LogP) is 4.39. The highest BCUT2D eigenvalue weighted by molar-refractivity contribution is 6.30. The molecule has 1 unspecified atom stereocenters. The van der Waals surface area contributed by atoms with Gasteiger partial charge in [-0.2, -0.15) is 0 Å². The molecule has 2 aromatic rings. The maximum Gasteiger partial charge on any atom is 0.231 e. The molecule has 0 fully saturated rings. The second kappa shape index (κ2) is 7.36. The highest BCUT2D eigenvalue weighted by atomic mass is 35.5. The van der Waals surface area contributed by atoms with Gasteiger partial charge in [0.15, 0.2) is 0 Å². The smallest absolute Gasteiger partial charge is 0.231 e. The number of halogens is 1. The monoisotopic (exact) mass is 317 g/mol. The highest BCUT2D eigenvalue weighted by Crippen LogP contribution is 2.26. The lowest BCUT2D eigenvalue weighted by Gasteiger charge is -2.17. The van der Waals surface area contributed by atoms with Crippen LogP contribution < -0.4 is 5.32 Å². The van der Waals surface area contributed by atoms with Crippen molar-refractivity contribution in [2.45, 2.75) is 39.0 Å². The van der Waals surface area contributed by atoms with Crippen molar-refractivity contribution in [3.05, 3.63) is 53.1 Å². The Morgan fingerprint density at radius 2 is 2.14 bits per heavy atom. The minimum Gasteiger partial charge on any atom is -0.323 e. The summed E-state index contributed by atoms with van der Waals surface area (Å²) in [6.45, 7) is 6.05. The number of nitrogens with zero attached hydrogens (tertiary/aromatic N) is 2. The van der Waals surface area contributed by atoms with Crippen LogP contribution in [0.15, 0.2) is 36.8 Å². The van der Waals surface area contributed by atoms with Crippen molar-refractivity contribution in [1.29, 1.82) is 0 Å². The van der Waals surface area contributed by atoms with Gasteiger partial charge in [-0.15, -0.1) is 0 Å². The predicted molar refractivity (Wildman–Crippen MR) is 89.2 cm³/mol. The van der Waals surface area contributed by atoms with Gasteiger partial charge in [0, 0.05) is 5.02 Å². The van der Waals surface area contributed by atoms with E-state index in [1.807, 2.05) is 39.0 Å². The normalized spacial score (nSPS) is 12.2. The molecule has 1 heterocycles. The second-order valence-electron chi connectivity index (χ2n) is 5.48. The van der Waals surface area contributed by atoms with Crippen LogP contribution in [0.1, 0.15) is 50.3 Å². The van der Waals surface area contributed by atoms with Crippen LogP contribution in [-0.4, -0.2) is 15.9 Å². The molecule has 0 radical (unpaired) electrons. The third-order valence-electron chi connectivity index (χ3n) is 3.52. The Bertz CT molecular complexity index is 658. The molecule has 116 valence electrons. The van der Waals surface area contributed by atoms with Crippen molar-refractivity contribution in [3.63, 3.8) is 0 Å². The van der Waals surface area contributed by atoms with E-state index in [1.54, 1.807) is 12.3 Å². The third-order valence-corrected chi connectivity index (χ3v) is 3.76. The van der Waals surface area contributed by atoms with Gasteiger partial charge in [-0.1, -0.05) is 44.5 Å². The van der Waals surface area contributed by atoms with E-state index in [2.05, 4.69) is 15.3 Å². The van der Waals surface area contributed by atoms with E-state index < -0.39 is 0 Å². The molecule has 1 amide bonds. The SMILES string of the molecule is CCC(C(=O)Nc1cncnc1C(C)C)c1cccc(Cl)c1.